The number of nitrogens with zero attached hydrogens (tertiary/aromatic N) is 2. The van der Waals surface area contributed by atoms with Gasteiger partial charge in [0.15, 0.2) is 0 Å². The van der Waals surface area contributed by atoms with E-state index in [1.807, 2.05) is 6.92 Å². The summed E-state index contributed by atoms with van der Waals surface area (Å²) in [5, 5.41) is 10.5. The Morgan fingerprint density at radius 3 is 1.67 bits per heavy atom. The fourth-order valence-corrected chi connectivity index (χ4v) is 3.45. The van der Waals surface area contributed by atoms with E-state index in [1.165, 1.54) is 18.4 Å². The number of benzene rings is 1. The van der Waals surface area contributed by atoms with E-state index in [9.17, 15) is 5.11 Å². The first-order chi connectivity index (χ1) is 11.5. The van der Waals surface area contributed by atoms with Crippen LogP contribution >= 0.6 is 0 Å². The van der Waals surface area contributed by atoms with Crippen LogP contribution in [-0.2, 0) is 13.1 Å². The molecule has 0 heterocycles. The molecule has 0 aromatic heterocycles. The van der Waals surface area contributed by atoms with Crippen molar-refractivity contribution in [2.45, 2.75) is 73.4 Å². The van der Waals surface area contributed by atoms with E-state index in [1.54, 1.807) is 0 Å². The molecule has 138 valence electrons. The molecule has 0 unspecified atom stereocenters. The van der Waals surface area contributed by atoms with E-state index in [-0.39, 0.29) is 0 Å². The second kappa shape index (κ2) is 11.5. The van der Waals surface area contributed by atoms with Crippen molar-refractivity contribution in [3.63, 3.8) is 0 Å². The Bertz CT molecular complexity index is 461. The number of hydrogen-bond donors (Lipinski definition) is 1. The summed E-state index contributed by atoms with van der Waals surface area (Å²) < 4.78 is 0. The van der Waals surface area contributed by atoms with Gasteiger partial charge in [-0.15, -0.1) is 0 Å². The van der Waals surface area contributed by atoms with Crippen LogP contribution in [0.2, 0.25) is 0 Å². The fourth-order valence-electron chi connectivity index (χ4n) is 3.45. The van der Waals surface area contributed by atoms with Gasteiger partial charge < -0.3 is 5.11 Å². The zero-order chi connectivity index (χ0) is 17.9. The van der Waals surface area contributed by atoms with Crippen LogP contribution in [0, 0.1) is 6.92 Å². The van der Waals surface area contributed by atoms with Crippen LogP contribution < -0.4 is 0 Å². The standard InChI is InChI=1S/C21H38N2O/c1-6-10-22(11-7-2)16-19-14-18(5)21(24)20(15-19)17-23(12-8-3)13-9-4/h14-15,24H,6-13,16-17H2,1-5H3. The van der Waals surface area contributed by atoms with Gasteiger partial charge in [-0.25, -0.2) is 0 Å². The predicted octanol–water partition coefficient (Wildman–Crippen LogP) is 4.94. The second-order valence-corrected chi connectivity index (χ2v) is 6.97. The molecule has 0 aliphatic heterocycles. The summed E-state index contributed by atoms with van der Waals surface area (Å²) >= 11 is 0. The van der Waals surface area contributed by atoms with Crippen LogP contribution in [0.25, 0.3) is 0 Å². The van der Waals surface area contributed by atoms with E-state index in [4.69, 9.17) is 0 Å². The quantitative estimate of drug-likeness (QED) is 0.586. The summed E-state index contributed by atoms with van der Waals surface area (Å²) in [7, 11) is 0. The Morgan fingerprint density at radius 2 is 1.21 bits per heavy atom. The smallest absolute Gasteiger partial charge is 0.122 e. The molecule has 0 aliphatic rings. The first-order valence-electron chi connectivity index (χ1n) is 9.81. The number of aromatic hydroxyl groups is 1. The molecule has 0 atom stereocenters. The van der Waals surface area contributed by atoms with Gasteiger partial charge in [0.1, 0.15) is 5.75 Å². The van der Waals surface area contributed by atoms with Gasteiger partial charge in [-0.2, -0.15) is 0 Å². The molecule has 0 spiro atoms. The molecular formula is C21H38N2O. The summed E-state index contributed by atoms with van der Waals surface area (Å²) in [6.07, 6.45) is 4.68. The molecule has 0 bridgehead atoms. The predicted molar refractivity (Wildman–Crippen MR) is 105 cm³/mol. The van der Waals surface area contributed by atoms with Crippen molar-refractivity contribution in [2.75, 3.05) is 26.2 Å². The normalized spacial score (nSPS) is 11.6. The minimum Gasteiger partial charge on any atom is -0.507 e. The number of aryl methyl sites for hydroxylation is 1. The van der Waals surface area contributed by atoms with Gasteiger partial charge in [0.2, 0.25) is 0 Å². The number of hydrogen-bond acceptors (Lipinski definition) is 3. The first-order valence-corrected chi connectivity index (χ1v) is 9.81. The average Bonchev–Trinajstić information content (AvgIpc) is 2.53. The molecule has 0 fully saturated rings. The van der Waals surface area contributed by atoms with Crippen LogP contribution in [0.1, 0.15) is 70.1 Å². The van der Waals surface area contributed by atoms with E-state index < -0.39 is 0 Å². The molecular weight excluding hydrogens is 296 g/mol. The highest BCUT2D eigenvalue weighted by atomic mass is 16.3. The molecule has 0 saturated heterocycles. The van der Waals surface area contributed by atoms with Crippen molar-refractivity contribution in [1.29, 1.82) is 0 Å². The number of phenols is 1. The van der Waals surface area contributed by atoms with Crippen molar-refractivity contribution in [2.24, 2.45) is 0 Å². The zero-order valence-corrected chi connectivity index (χ0v) is 16.6. The number of phenolic OH excluding ortho intramolecular Hbond substituents is 1. The Hall–Kier alpha value is -1.06. The van der Waals surface area contributed by atoms with Gasteiger partial charge in [0.05, 0.1) is 0 Å². The highest BCUT2D eigenvalue weighted by Gasteiger charge is 2.13. The molecule has 1 aromatic carbocycles. The van der Waals surface area contributed by atoms with Gasteiger partial charge >= 0.3 is 0 Å². The number of rotatable bonds is 12. The van der Waals surface area contributed by atoms with Crippen LogP contribution in [-0.4, -0.2) is 41.1 Å². The lowest BCUT2D eigenvalue weighted by atomic mass is 10.0. The lowest BCUT2D eigenvalue weighted by Gasteiger charge is -2.24. The first kappa shape index (κ1) is 21.0. The van der Waals surface area contributed by atoms with E-state index in [2.05, 4.69) is 49.6 Å². The SMILES string of the molecule is CCCN(CCC)Cc1cc(C)c(O)c(CN(CCC)CCC)c1. The molecule has 0 saturated carbocycles. The van der Waals surface area contributed by atoms with Crippen LogP contribution in [0.15, 0.2) is 12.1 Å². The Balaban J connectivity index is 2.94. The molecule has 1 N–H and O–H groups in total. The third-order valence-corrected chi connectivity index (χ3v) is 4.40. The maximum absolute atomic E-state index is 10.5. The summed E-state index contributed by atoms with van der Waals surface area (Å²) in [5.74, 6) is 0.480. The molecule has 0 radical (unpaired) electrons. The summed E-state index contributed by atoms with van der Waals surface area (Å²) in [5.41, 5.74) is 3.42. The highest BCUT2D eigenvalue weighted by Crippen LogP contribution is 2.26. The third kappa shape index (κ3) is 6.82. The topological polar surface area (TPSA) is 26.7 Å². The van der Waals surface area contributed by atoms with E-state index in [0.29, 0.717) is 5.75 Å². The maximum Gasteiger partial charge on any atom is 0.122 e. The van der Waals surface area contributed by atoms with Crippen LogP contribution in [0.5, 0.6) is 5.75 Å². The fraction of sp³-hybridized carbons (Fsp3) is 0.714. The van der Waals surface area contributed by atoms with Gasteiger partial charge in [0, 0.05) is 18.7 Å². The molecule has 24 heavy (non-hydrogen) atoms. The van der Waals surface area contributed by atoms with E-state index >= 15 is 0 Å². The van der Waals surface area contributed by atoms with Crippen molar-refractivity contribution >= 4 is 0 Å². The Morgan fingerprint density at radius 1 is 0.750 bits per heavy atom. The van der Waals surface area contributed by atoms with Crippen molar-refractivity contribution < 1.29 is 5.11 Å². The molecule has 0 aliphatic carbocycles. The Kier molecular flexibility index (Phi) is 10.0. The van der Waals surface area contributed by atoms with Gasteiger partial charge in [-0.1, -0.05) is 33.8 Å². The molecule has 1 aromatic rings. The third-order valence-electron chi connectivity index (χ3n) is 4.40. The molecule has 3 heteroatoms. The minimum absolute atomic E-state index is 0.480. The highest BCUT2D eigenvalue weighted by molar-refractivity contribution is 5.43. The summed E-state index contributed by atoms with van der Waals surface area (Å²) in [6.45, 7) is 17.2. The van der Waals surface area contributed by atoms with Gasteiger partial charge in [0.25, 0.3) is 0 Å². The maximum atomic E-state index is 10.5. The molecule has 3 nitrogen and oxygen atoms in total. The lowest BCUT2D eigenvalue weighted by molar-refractivity contribution is 0.259. The monoisotopic (exact) mass is 334 g/mol. The van der Waals surface area contributed by atoms with E-state index in [0.717, 1.165) is 63.2 Å². The van der Waals surface area contributed by atoms with Crippen molar-refractivity contribution in [3.8, 4) is 5.75 Å². The average molecular weight is 335 g/mol. The van der Waals surface area contributed by atoms with Crippen molar-refractivity contribution in [1.82, 2.24) is 9.80 Å². The molecule has 1 rings (SSSR count). The van der Waals surface area contributed by atoms with Gasteiger partial charge in [-0.3, -0.25) is 9.80 Å². The van der Waals surface area contributed by atoms with Crippen LogP contribution in [0.4, 0.5) is 0 Å². The lowest BCUT2D eigenvalue weighted by Crippen LogP contribution is -2.26. The minimum atomic E-state index is 0.480. The van der Waals surface area contributed by atoms with Crippen LogP contribution in [0.3, 0.4) is 0 Å². The van der Waals surface area contributed by atoms with Crippen molar-refractivity contribution in [3.05, 3.63) is 28.8 Å². The summed E-state index contributed by atoms with van der Waals surface area (Å²) in [4.78, 5) is 4.97. The zero-order valence-electron chi connectivity index (χ0n) is 16.6. The second-order valence-electron chi connectivity index (χ2n) is 6.97. The molecule has 0 amide bonds. The summed E-state index contributed by atoms with van der Waals surface area (Å²) in [6, 6.07) is 4.38. The largest absolute Gasteiger partial charge is 0.507 e. The van der Waals surface area contributed by atoms with Gasteiger partial charge in [-0.05, 0) is 76.0 Å². The Labute approximate surface area is 149 Å².